The Morgan fingerprint density at radius 1 is 1.25 bits per heavy atom. The lowest BCUT2D eigenvalue weighted by atomic mass is 10.2. The molecular weight excluding hydrogens is 423 g/mol. The molecule has 2 amide bonds. The van der Waals surface area contributed by atoms with Crippen molar-refractivity contribution in [1.82, 2.24) is 14.8 Å². The van der Waals surface area contributed by atoms with Crippen molar-refractivity contribution in [3.05, 3.63) is 33.6 Å². The number of anilines is 1. The van der Waals surface area contributed by atoms with E-state index >= 15 is 0 Å². The highest BCUT2D eigenvalue weighted by Crippen LogP contribution is 2.30. The highest BCUT2D eigenvalue weighted by Gasteiger charge is 2.19. The predicted octanol–water partition coefficient (Wildman–Crippen LogP) is 2.85. The molecule has 0 unspecified atom stereocenters. The summed E-state index contributed by atoms with van der Waals surface area (Å²) in [5.74, 6) is -0.234. The van der Waals surface area contributed by atoms with E-state index in [1.165, 1.54) is 11.3 Å². The molecule has 0 radical (unpaired) electrons. The monoisotopic (exact) mass is 442 g/mol. The van der Waals surface area contributed by atoms with Gasteiger partial charge in [-0.1, -0.05) is 29.3 Å². The van der Waals surface area contributed by atoms with Crippen LogP contribution in [0.1, 0.15) is 0 Å². The Kier molecular flexibility index (Phi) is 7.25. The summed E-state index contributed by atoms with van der Waals surface area (Å²) in [5, 5.41) is 6.01. The number of nitrogens with one attached hydrogen (secondary N) is 1. The zero-order valence-electron chi connectivity index (χ0n) is 15.3. The smallest absolute Gasteiger partial charge is 0.240 e. The lowest BCUT2D eigenvalue weighted by molar-refractivity contribution is -0.136. The molecule has 1 aromatic carbocycles. The molecule has 7 nitrogen and oxygen atoms in total. The molecule has 1 aliphatic rings. The lowest BCUT2D eigenvalue weighted by Gasteiger charge is -2.28. The van der Waals surface area contributed by atoms with Gasteiger partial charge in [-0.25, -0.2) is 4.98 Å². The summed E-state index contributed by atoms with van der Waals surface area (Å²) in [4.78, 5) is 32.3. The standard InChI is InChI=1S/C18H20Cl2N4O3S/c1-23(10-17(26)24-4-6-27-7-5-24)9-16(25)22-18-21-15(11-28-18)12-2-3-13(19)14(20)8-12/h2-3,8,11H,4-7,9-10H2,1H3,(H,21,22,25). The number of carbonyl (C=O) groups is 2. The molecular formula is C18H20Cl2N4O3S. The number of hydrogen-bond donors (Lipinski definition) is 1. The van der Waals surface area contributed by atoms with Crippen molar-refractivity contribution >= 4 is 51.5 Å². The zero-order valence-corrected chi connectivity index (χ0v) is 17.6. The average Bonchev–Trinajstić information content (AvgIpc) is 3.12. The Bertz CT molecular complexity index is 855. The average molecular weight is 443 g/mol. The van der Waals surface area contributed by atoms with Crippen LogP contribution in [0.5, 0.6) is 0 Å². The van der Waals surface area contributed by atoms with Crippen molar-refractivity contribution in [2.45, 2.75) is 0 Å². The number of rotatable bonds is 6. The minimum atomic E-state index is -0.229. The molecule has 0 aliphatic carbocycles. The first-order chi connectivity index (χ1) is 13.4. The Labute approximate surface area is 177 Å². The van der Waals surface area contributed by atoms with Crippen molar-refractivity contribution in [3.63, 3.8) is 0 Å². The normalized spacial score (nSPS) is 14.4. The fourth-order valence-corrected chi connectivity index (χ4v) is 3.76. The maximum Gasteiger partial charge on any atom is 0.240 e. The van der Waals surface area contributed by atoms with Crippen LogP contribution in [-0.2, 0) is 14.3 Å². The van der Waals surface area contributed by atoms with E-state index in [-0.39, 0.29) is 24.9 Å². The van der Waals surface area contributed by atoms with Gasteiger partial charge in [-0.2, -0.15) is 0 Å². The second kappa shape index (κ2) is 9.67. The Hall–Kier alpha value is -1.71. The molecule has 28 heavy (non-hydrogen) atoms. The van der Waals surface area contributed by atoms with E-state index in [0.717, 1.165) is 5.56 Å². The third-order valence-electron chi connectivity index (χ3n) is 4.15. The van der Waals surface area contributed by atoms with Gasteiger partial charge in [-0.15, -0.1) is 11.3 Å². The van der Waals surface area contributed by atoms with Crippen LogP contribution < -0.4 is 5.32 Å². The minimum absolute atomic E-state index is 0.00486. The van der Waals surface area contributed by atoms with E-state index in [2.05, 4.69) is 10.3 Å². The Morgan fingerprint density at radius 3 is 2.71 bits per heavy atom. The molecule has 2 aromatic rings. The van der Waals surface area contributed by atoms with Crippen LogP contribution >= 0.6 is 34.5 Å². The number of likely N-dealkylation sites (N-methyl/N-ethyl adjacent to an activating group) is 1. The van der Waals surface area contributed by atoms with Crippen LogP contribution in [0.4, 0.5) is 5.13 Å². The first-order valence-electron chi connectivity index (χ1n) is 8.67. The van der Waals surface area contributed by atoms with Gasteiger partial charge < -0.3 is 15.0 Å². The summed E-state index contributed by atoms with van der Waals surface area (Å²) in [6.45, 7) is 2.57. The Balaban J connectivity index is 1.51. The number of morpholine rings is 1. The fourth-order valence-electron chi connectivity index (χ4n) is 2.72. The van der Waals surface area contributed by atoms with Gasteiger partial charge in [0.05, 0.1) is 42.0 Å². The summed E-state index contributed by atoms with van der Waals surface area (Å²) in [6.07, 6.45) is 0. The van der Waals surface area contributed by atoms with Crippen molar-refractivity contribution in [1.29, 1.82) is 0 Å². The topological polar surface area (TPSA) is 74.8 Å². The molecule has 2 heterocycles. The van der Waals surface area contributed by atoms with Gasteiger partial charge in [0.1, 0.15) is 0 Å². The fraction of sp³-hybridized carbons (Fsp3) is 0.389. The summed E-state index contributed by atoms with van der Waals surface area (Å²) >= 11 is 13.3. The third kappa shape index (κ3) is 5.65. The summed E-state index contributed by atoms with van der Waals surface area (Å²) < 4.78 is 5.24. The number of hydrogen-bond acceptors (Lipinski definition) is 6. The summed E-state index contributed by atoms with van der Waals surface area (Å²) in [7, 11) is 1.74. The van der Waals surface area contributed by atoms with Gasteiger partial charge in [-0.3, -0.25) is 14.5 Å². The van der Waals surface area contributed by atoms with Crippen molar-refractivity contribution < 1.29 is 14.3 Å². The van der Waals surface area contributed by atoms with Gasteiger partial charge >= 0.3 is 0 Å². The summed E-state index contributed by atoms with van der Waals surface area (Å²) in [5.41, 5.74) is 1.52. The van der Waals surface area contributed by atoms with E-state index < -0.39 is 0 Å². The highest BCUT2D eigenvalue weighted by atomic mass is 35.5. The van der Waals surface area contributed by atoms with Gasteiger partial charge in [0.25, 0.3) is 0 Å². The molecule has 0 atom stereocenters. The maximum absolute atomic E-state index is 12.3. The number of amides is 2. The lowest BCUT2D eigenvalue weighted by Crippen LogP contribution is -2.46. The van der Waals surface area contributed by atoms with Gasteiger partial charge in [-0.05, 0) is 19.2 Å². The number of aromatic nitrogens is 1. The largest absolute Gasteiger partial charge is 0.378 e. The molecule has 10 heteroatoms. The van der Waals surface area contributed by atoms with E-state index in [4.69, 9.17) is 27.9 Å². The van der Waals surface area contributed by atoms with Crippen LogP contribution in [0.15, 0.2) is 23.6 Å². The van der Waals surface area contributed by atoms with E-state index in [0.29, 0.717) is 47.2 Å². The van der Waals surface area contributed by atoms with Gasteiger partial charge in [0.2, 0.25) is 11.8 Å². The molecule has 1 aliphatic heterocycles. The molecule has 3 rings (SSSR count). The van der Waals surface area contributed by atoms with E-state index in [1.54, 1.807) is 29.0 Å². The molecule has 1 N–H and O–H groups in total. The molecule has 150 valence electrons. The SMILES string of the molecule is CN(CC(=O)Nc1nc(-c2ccc(Cl)c(Cl)c2)cs1)CC(=O)N1CCOCC1. The number of thiazole rings is 1. The molecule has 0 saturated carbocycles. The molecule has 1 fully saturated rings. The molecule has 1 saturated heterocycles. The van der Waals surface area contributed by atoms with Crippen LogP contribution in [0, 0.1) is 0 Å². The van der Waals surface area contributed by atoms with Gasteiger partial charge in [0.15, 0.2) is 5.13 Å². The predicted molar refractivity (Wildman–Crippen MR) is 111 cm³/mol. The van der Waals surface area contributed by atoms with Gasteiger partial charge in [0, 0.05) is 24.0 Å². The van der Waals surface area contributed by atoms with Crippen LogP contribution in [0.3, 0.4) is 0 Å². The number of benzene rings is 1. The third-order valence-corrected chi connectivity index (χ3v) is 5.65. The van der Waals surface area contributed by atoms with E-state index in [1.807, 2.05) is 11.4 Å². The second-order valence-electron chi connectivity index (χ2n) is 6.38. The molecule has 0 spiro atoms. The van der Waals surface area contributed by atoms with Crippen molar-refractivity contribution in [3.8, 4) is 11.3 Å². The summed E-state index contributed by atoms with van der Waals surface area (Å²) in [6, 6.07) is 5.26. The van der Waals surface area contributed by atoms with Crippen molar-refractivity contribution in [2.24, 2.45) is 0 Å². The first kappa shape index (κ1) is 21.0. The van der Waals surface area contributed by atoms with Crippen molar-refractivity contribution in [2.75, 3.05) is 51.8 Å². The van der Waals surface area contributed by atoms with Crippen LogP contribution in [0.25, 0.3) is 11.3 Å². The van der Waals surface area contributed by atoms with Crippen LogP contribution in [-0.4, -0.2) is 73.0 Å². The zero-order chi connectivity index (χ0) is 20.1. The number of ether oxygens (including phenoxy) is 1. The second-order valence-corrected chi connectivity index (χ2v) is 8.05. The number of carbonyl (C=O) groups excluding carboxylic acids is 2. The number of nitrogens with zero attached hydrogens (tertiary/aromatic N) is 3. The van der Waals surface area contributed by atoms with E-state index in [9.17, 15) is 9.59 Å². The maximum atomic E-state index is 12.3. The van der Waals surface area contributed by atoms with Crippen LogP contribution in [0.2, 0.25) is 10.0 Å². The quantitative estimate of drug-likeness (QED) is 0.744. The molecule has 0 bridgehead atoms. The Morgan fingerprint density at radius 2 is 2.00 bits per heavy atom. The number of halogens is 2. The first-order valence-corrected chi connectivity index (χ1v) is 10.3. The molecule has 1 aromatic heterocycles. The minimum Gasteiger partial charge on any atom is -0.378 e. The highest BCUT2D eigenvalue weighted by molar-refractivity contribution is 7.14.